The zero-order valence-corrected chi connectivity index (χ0v) is 19.1. The quantitative estimate of drug-likeness (QED) is 0.558. The topological polar surface area (TPSA) is 69.5 Å². The van der Waals surface area contributed by atoms with Gasteiger partial charge in [0.05, 0.1) is 6.54 Å². The summed E-state index contributed by atoms with van der Waals surface area (Å²) in [5, 5.41) is 6.85. The van der Waals surface area contributed by atoms with Gasteiger partial charge in [0.1, 0.15) is 23.2 Å². The number of nitrogens with zero attached hydrogens (tertiary/aromatic N) is 4. The van der Waals surface area contributed by atoms with Gasteiger partial charge in [-0.1, -0.05) is 24.3 Å². The number of aryl methyl sites for hydroxylation is 1. The van der Waals surface area contributed by atoms with Crippen molar-refractivity contribution >= 4 is 34.9 Å². The SMILES string of the molecule is Cc1ccc(CNC(=S)Nc2nc(N3CCCCC3)cc(N3Cc4ccccc4C3)n2)o1. The number of anilines is 3. The molecule has 0 aliphatic carbocycles. The van der Waals surface area contributed by atoms with Crippen molar-refractivity contribution in [3.05, 3.63) is 65.1 Å². The Kier molecular flexibility index (Phi) is 5.94. The molecule has 0 bridgehead atoms. The van der Waals surface area contributed by atoms with E-state index in [9.17, 15) is 0 Å². The maximum absolute atomic E-state index is 5.61. The van der Waals surface area contributed by atoms with Crippen molar-refractivity contribution in [3.63, 3.8) is 0 Å². The molecule has 4 heterocycles. The van der Waals surface area contributed by atoms with Gasteiger partial charge in [-0.3, -0.25) is 0 Å². The molecule has 0 spiro atoms. The standard InChI is InChI=1S/C24H28N6OS/c1-17-9-10-20(31-17)14-25-24(32)28-23-26-21(29-11-5-2-6-12-29)13-22(27-23)30-15-18-7-3-4-8-19(18)16-30/h3-4,7-10,13H,2,5-6,11-12,14-16H2,1H3,(H2,25,26,27,28,32). The number of hydrogen-bond acceptors (Lipinski definition) is 6. The van der Waals surface area contributed by atoms with E-state index in [0.29, 0.717) is 17.6 Å². The molecule has 2 N–H and O–H groups in total. The third kappa shape index (κ3) is 4.70. The summed E-state index contributed by atoms with van der Waals surface area (Å²) in [5.74, 6) is 4.12. The molecule has 166 valence electrons. The maximum atomic E-state index is 5.61. The average molecular weight is 449 g/mol. The lowest BCUT2D eigenvalue weighted by molar-refractivity contribution is 0.478. The first kappa shape index (κ1) is 20.8. The largest absolute Gasteiger partial charge is 0.465 e. The first-order valence-electron chi connectivity index (χ1n) is 11.2. The Morgan fingerprint density at radius 2 is 1.66 bits per heavy atom. The van der Waals surface area contributed by atoms with Crippen LogP contribution in [0.3, 0.4) is 0 Å². The fourth-order valence-corrected chi connectivity index (χ4v) is 4.48. The van der Waals surface area contributed by atoms with Crippen molar-refractivity contribution < 1.29 is 4.42 Å². The summed E-state index contributed by atoms with van der Waals surface area (Å²) in [4.78, 5) is 14.3. The summed E-state index contributed by atoms with van der Waals surface area (Å²) in [6, 6.07) is 14.6. The molecule has 7 nitrogen and oxygen atoms in total. The lowest BCUT2D eigenvalue weighted by Gasteiger charge is -2.29. The van der Waals surface area contributed by atoms with Gasteiger partial charge in [-0.05, 0) is 61.7 Å². The van der Waals surface area contributed by atoms with Crippen LogP contribution in [-0.2, 0) is 19.6 Å². The van der Waals surface area contributed by atoms with E-state index in [1.807, 2.05) is 19.1 Å². The Morgan fingerprint density at radius 1 is 0.969 bits per heavy atom. The minimum atomic E-state index is 0.477. The summed E-state index contributed by atoms with van der Waals surface area (Å²) in [5.41, 5.74) is 2.71. The Hall–Kier alpha value is -3.13. The van der Waals surface area contributed by atoms with Crippen LogP contribution in [0, 0.1) is 6.92 Å². The monoisotopic (exact) mass is 448 g/mol. The van der Waals surface area contributed by atoms with Crippen LogP contribution < -0.4 is 20.4 Å². The van der Waals surface area contributed by atoms with E-state index in [-0.39, 0.29) is 0 Å². The fourth-order valence-electron chi connectivity index (χ4n) is 4.31. The normalized spacial score (nSPS) is 15.5. The molecule has 1 saturated heterocycles. The number of aromatic nitrogens is 2. The Labute approximate surface area is 193 Å². The van der Waals surface area contributed by atoms with Crippen LogP contribution in [0.4, 0.5) is 17.6 Å². The smallest absolute Gasteiger partial charge is 0.232 e. The number of nitrogens with one attached hydrogen (secondary N) is 2. The zero-order valence-electron chi connectivity index (χ0n) is 18.3. The fraction of sp³-hybridized carbons (Fsp3) is 0.375. The molecule has 2 aliphatic rings. The van der Waals surface area contributed by atoms with E-state index < -0.39 is 0 Å². The number of fused-ring (bicyclic) bond motifs is 1. The van der Waals surface area contributed by atoms with Gasteiger partial charge in [0.2, 0.25) is 5.95 Å². The van der Waals surface area contributed by atoms with Gasteiger partial charge in [0, 0.05) is 32.2 Å². The molecule has 5 rings (SSSR count). The highest BCUT2D eigenvalue weighted by Crippen LogP contribution is 2.30. The van der Waals surface area contributed by atoms with E-state index in [2.05, 4.69) is 50.8 Å². The van der Waals surface area contributed by atoms with Crippen molar-refractivity contribution in [2.45, 2.75) is 45.8 Å². The molecule has 1 aromatic carbocycles. The summed E-state index contributed by atoms with van der Waals surface area (Å²) < 4.78 is 5.61. The molecule has 0 unspecified atom stereocenters. The van der Waals surface area contributed by atoms with Crippen LogP contribution in [-0.4, -0.2) is 28.2 Å². The van der Waals surface area contributed by atoms with Crippen molar-refractivity contribution in [2.75, 3.05) is 28.2 Å². The van der Waals surface area contributed by atoms with Crippen molar-refractivity contribution in [2.24, 2.45) is 0 Å². The highest BCUT2D eigenvalue weighted by Gasteiger charge is 2.23. The second-order valence-corrected chi connectivity index (χ2v) is 8.81. The van der Waals surface area contributed by atoms with Crippen LogP contribution >= 0.6 is 12.2 Å². The number of rotatable bonds is 5. The highest BCUT2D eigenvalue weighted by molar-refractivity contribution is 7.80. The average Bonchev–Trinajstić information content (AvgIpc) is 3.44. The summed E-state index contributed by atoms with van der Waals surface area (Å²) >= 11 is 5.51. The molecule has 2 aliphatic heterocycles. The molecule has 1 fully saturated rings. The summed E-state index contributed by atoms with van der Waals surface area (Å²) in [7, 11) is 0. The predicted molar refractivity (Wildman–Crippen MR) is 131 cm³/mol. The van der Waals surface area contributed by atoms with Gasteiger partial charge < -0.3 is 24.9 Å². The first-order valence-corrected chi connectivity index (χ1v) is 11.6. The Bertz CT molecular complexity index is 1080. The molecule has 0 atom stereocenters. The van der Waals surface area contributed by atoms with Crippen molar-refractivity contribution in [1.29, 1.82) is 0 Å². The van der Waals surface area contributed by atoms with E-state index >= 15 is 0 Å². The minimum Gasteiger partial charge on any atom is -0.465 e. The van der Waals surface area contributed by atoms with Gasteiger partial charge in [-0.2, -0.15) is 9.97 Å². The van der Waals surface area contributed by atoms with Gasteiger partial charge >= 0.3 is 0 Å². The number of furan rings is 1. The second kappa shape index (κ2) is 9.16. The molecular weight excluding hydrogens is 420 g/mol. The molecule has 3 aromatic rings. The van der Waals surface area contributed by atoms with E-state index in [4.69, 9.17) is 26.6 Å². The molecule has 32 heavy (non-hydrogen) atoms. The van der Waals surface area contributed by atoms with E-state index in [0.717, 1.165) is 49.3 Å². The van der Waals surface area contributed by atoms with Gasteiger partial charge in [0.15, 0.2) is 5.11 Å². The van der Waals surface area contributed by atoms with Crippen molar-refractivity contribution in [3.8, 4) is 0 Å². The summed E-state index contributed by atoms with van der Waals surface area (Å²) in [6.07, 6.45) is 3.67. The van der Waals surface area contributed by atoms with Gasteiger partial charge in [-0.25, -0.2) is 0 Å². The van der Waals surface area contributed by atoms with Gasteiger partial charge in [0.25, 0.3) is 0 Å². The van der Waals surface area contributed by atoms with Gasteiger partial charge in [-0.15, -0.1) is 0 Å². The Morgan fingerprint density at radius 3 is 2.31 bits per heavy atom. The Balaban J connectivity index is 1.35. The molecule has 0 saturated carbocycles. The van der Waals surface area contributed by atoms with E-state index in [1.54, 1.807) is 0 Å². The lowest BCUT2D eigenvalue weighted by Crippen LogP contribution is -2.32. The predicted octanol–water partition coefficient (Wildman–Crippen LogP) is 4.38. The number of benzene rings is 1. The van der Waals surface area contributed by atoms with Crippen LogP contribution in [0.2, 0.25) is 0 Å². The van der Waals surface area contributed by atoms with Crippen LogP contribution in [0.25, 0.3) is 0 Å². The third-order valence-corrected chi connectivity index (χ3v) is 6.23. The van der Waals surface area contributed by atoms with E-state index in [1.165, 1.54) is 30.4 Å². The molecular formula is C24H28N6OS. The lowest BCUT2D eigenvalue weighted by atomic mass is 10.1. The van der Waals surface area contributed by atoms with Crippen LogP contribution in [0.5, 0.6) is 0 Å². The van der Waals surface area contributed by atoms with Crippen LogP contribution in [0.15, 0.2) is 46.9 Å². The third-order valence-electron chi connectivity index (χ3n) is 5.99. The zero-order chi connectivity index (χ0) is 21.9. The molecule has 2 aromatic heterocycles. The highest BCUT2D eigenvalue weighted by atomic mass is 32.1. The number of piperidine rings is 1. The number of thiocarbonyl (C=S) groups is 1. The second-order valence-electron chi connectivity index (χ2n) is 8.40. The molecule has 0 amide bonds. The maximum Gasteiger partial charge on any atom is 0.232 e. The molecule has 8 heteroatoms. The van der Waals surface area contributed by atoms with Crippen LogP contribution in [0.1, 0.15) is 41.9 Å². The minimum absolute atomic E-state index is 0.477. The summed E-state index contributed by atoms with van der Waals surface area (Å²) in [6.45, 7) is 6.20. The molecule has 0 radical (unpaired) electrons. The van der Waals surface area contributed by atoms with Crippen molar-refractivity contribution in [1.82, 2.24) is 15.3 Å². The number of hydrogen-bond donors (Lipinski definition) is 2. The first-order chi connectivity index (χ1) is 15.6.